The zero-order chi connectivity index (χ0) is 7.72. The second-order valence-corrected chi connectivity index (χ2v) is 3.74. The summed E-state index contributed by atoms with van der Waals surface area (Å²) in [5.74, 6) is -1.94. The van der Waals surface area contributed by atoms with Gasteiger partial charge in [-0.3, -0.25) is 0 Å². The molecule has 0 saturated carbocycles. The first-order valence-corrected chi connectivity index (χ1v) is 3.96. The van der Waals surface area contributed by atoms with Crippen LogP contribution in [0.15, 0.2) is 9.17 Å². The average Bonchev–Trinajstić information content (AvgIpc) is 2.11. The van der Waals surface area contributed by atoms with E-state index in [0.717, 1.165) is 16.7 Å². The Balaban J connectivity index is 3.23. The Morgan fingerprint density at radius 1 is 1.80 bits per heavy atom. The third-order valence-corrected chi connectivity index (χ3v) is 2.61. The minimum Gasteiger partial charge on any atom is -0.478 e. The summed E-state index contributed by atoms with van der Waals surface area (Å²) in [7, 11) is 0. The summed E-state index contributed by atoms with van der Waals surface area (Å²) < 4.78 is 12.8. The lowest BCUT2D eigenvalue weighted by atomic mass is 10.3. The Kier molecular flexibility index (Phi) is 2.05. The second-order valence-electron chi connectivity index (χ2n) is 1.54. The SMILES string of the molecule is O=C(O)c1c(F)csc1Br. The predicted molar refractivity (Wildman–Crippen MR) is 38.9 cm³/mol. The molecule has 0 unspecified atom stereocenters. The minimum atomic E-state index is -1.24. The smallest absolute Gasteiger partial charge is 0.340 e. The second kappa shape index (κ2) is 2.67. The van der Waals surface area contributed by atoms with Gasteiger partial charge in [0.05, 0.1) is 3.79 Å². The van der Waals surface area contributed by atoms with E-state index < -0.39 is 11.8 Å². The highest BCUT2D eigenvalue weighted by Gasteiger charge is 2.15. The summed E-state index contributed by atoms with van der Waals surface area (Å²) in [6.07, 6.45) is 0. The molecule has 2 nitrogen and oxygen atoms in total. The first kappa shape index (κ1) is 7.68. The third kappa shape index (κ3) is 1.19. The first-order valence-electron chi connectivity index (χ1n) is 2.28. The van der Waals surface area contributed by atoms with Gasteiger partial charge in [0.15, 0.2) is 0 Å². The molecule has 10 heavy (non-hydrogen) atoms. The third-order valence-electron chi connectivity index (χ3n) is 0.915. The fourth-order valence-corrected chi connectivity index (χ4v) is 1.77. The Morgan fingerprint density at radius 2 is 2.40 bits per heavy atom. The number of carbonyl (C=O) groups is 1. The van der Waals surface area contributed by atoms with E-state index in [0.29, 0.717) is 3.79 Å². The van der Waals surface area contributed by atoms with Gasteiger partial charge in [-0.1, -0.05) is 0 Å². The minimum absolute atomic E-state index is 0.287. The summed E-state index contributed by atoms with van der Waals surface area (Å²) >= 11 is 3.94. The van der Waals surface area contributed by atoms with Crippen molar-refractivity contribution in [3.8, 4) is 0 Å². The summed E-state index contributed by atoms with van der Waals surface area (Å²) in [5, 5.41) is 9.52. The monoisotopic (exact) mass is 224 g/mol. The van der Waals surface area contributed by atoms with Gasteiger partial charge < -0.3 is 5.11 Å². The molecule has 1 N–H and O–H groups in total. The van der Waals surface area contributed by atoms with Crippen LogP contribution < -0.4 is 0 Å². The summed E-state index contributed by atoms with van der Waals surface area (Å²) in [6, 6.07) is 0. The molecule has 0 amide bonds. The molecular weight excluding hydrogens is 223 g/mol. The summed E-state index contributed by atoms with van der Waals surface area (Å²) in [5.41, 5.74) is -0.287. The van der Waals surface area contributed by atoms with E-state index >= 15 is 0 Å². The highest BCUT2D eigenvalue weighted by Crippen LogP contribution is 2.26. The molecule has 0 aliphatic heterocycles. The number of carboxylic acids is 1. The number of halogens is 2. The van der Waals surface area contributed by atoms with Gasteiger partial charge in [-0.05, 0) is 15.9 Å². The van der Waals surface area contributed by atoms with E-state index in [1.54, 1.807) is 0 Å². The molecule has 1 aromatic heterocycles. The molecule has 0 atom stereocenters. The number of aromatic carboxylic acids is 1. The van der Waals surface area contributed by atoms with Crippen molar-refractivity contribution in [2.24, 2.45) is 0 Å². The van der Waals surface area contributed by atoms with Gasteiger partial charge in [-0.2, -0.15) is 0 Å². The van der Waals surface area contributed by atoms with Crippen molar-refractivity contribution < 1.29 is 14.3 Å². The van der Waals surface area contributed by atoms with Crippen LogP contribution in [0.4, 0.5) is 4.39 Å². The molecule has 0 aromatic carbocycles. The van der Waals surface area contributed by atoms with E-state index in [9.17, 15) is 9.18 Å². The lowest BCUT2D eigenvalue weighted by Crippen LogP contribution is -1.96. The van der Waals surface area contributed by atoms with Crippen LogP contribution in [0.25, 0.3) is 0 Å². The van der Waals surface area contributed by atoms with Gasteiger partial charge in [0.1, 0.15) is 11.4 Å². The van der Waals surface area contributed by atoms with Crippen LogP contribution in [0.1, 0.15) is 10.4 Å². The Bertz CT molecular complexity index is 251. The molecule has 5 heteroatoms. The van der Waals surface area contributed by atoms with Gasteiger partial charge in [-0.25, -0.2) is 9.18 Å². The van der Waals surface area contributed by atoms with Gasteiger partial charge in [0.25, 0.3) is 0 Å². The van der Waals surface area contributed by atoms with Gasteiger partial charge in [0, 0.05) is 5.38 Å². The molecule has 0 radical (unpaired) electrons. The molecule has 0 bridgehead atoms. The van der Waals surface area contributed by atoms with Crippen molar-refractivity contribution in [3.63, 3.8) is 0 Å². The lowest BCUT2D eigenvalue weighted by Gasteiger charge is -1.87. The van der Waals surface area contributed by atoms with E-state index in [1.165, 1.54) is 0 Å². The molecule has 1 aromatic rings. The zero-order valence-electron chi connectivity index (χ0n) is 4.60. The van der Waals surface area contributed by atoms with Gasteiger partial charge in [0.2, 0.25) is 0 Å². The van der Waals surface area contributed by atoms with Crippen molar-refractivity contribution >= 4 is 33.2 Å². The van der Waals surface area contributed by atoms with Crippen molar-refractivity contribution in [2.75, 3.05) is 0 Å². The molecule has 0 fully saturated rings. The van der Waals surface area contributed by atoms with Crippen molar-refractivity contribution in [3.05, 3.63) is 20.5 Å². The average molecular weight is 225 g/mol. The van der Waals surface area contributed by atoms with Gasteiger partial charge >= 0.3 is 5.97 Å². The first-order chi connectivity index (χ1) is 4.63. The highest BCUT2D eigenvalue weighted by molar-refractivity contribution is 9.11. The van der Waals surface area contributed by atoms with Crippen LogP contribution in [0.2, 0.25) is 0 Å². The van der Waals surface area contributed by atoms with E-state index in [-0.39, 0.29) is 5.56 Å². The van der Waals surface area contributed by atoms with Crippen LogP contribution in [0.5, 0.6) is 0 Å². The number of hydrogen-bond acceptors (Lipinski definition) is 2. The molecule has 1 rings (SSSR count). The molecule has 54 valence electrons. The molecular formula is C5H2BrFO2S. The van der Waals surface area contributed by atoms with Crippen LogP contribution in [-0.2, 0) is 0 Å². The van der Waals surface area contributed by atoms with Crippen molar-refractivity contribution in [2.45, 2.75) is 0 Å². The Labute approximate surface area is 68.4 Å². The number of rotatable bonds is 1. The van der Waals surface area contributed by atoms with Crippen LogP contribution in [0, 0.1) is 5.82 Å². The largest absolute Gasteiger partial charge is 0.478 e. The van der Waals surface area contributed by atoms with Crippen LogP contribution >= 0.6 is 27.3 Å². The molecule has 1 heterocycles. The summed E-state index contributed by atoms with van der Waals surface area (Å²) in [6.45, 7) is 0. The highest BCUT2D eigenvalue weighted by atomic mass is 79.9. The molecule has 0 spiro atoms. The van der Waals surface area contributed by atoms with Crippen molar-refractivity contribution in [1.29, 1.82) is 0 Å². The van der Waals surface area contributed by atoms with E-state index in [2.05, 4.69) is 15.9 Å². The maximum absolute atomic E-state index is 12.5. The molecule has 0 saturated heterocycles. The van der Waals surface area contributed by atoms with Crippen molar-refractivity contribution in [1.82, 2.24) is 0 Å². The topological polar surface area (TPSA) is 37.3 Å². The fourth-order valence-electron chi connectivity index (χ4n) is 0.501. The Hall–Kier alpha value is -0.420. The van der Waals surface area contributed by atoms with Gasteiger partial charge in [-0.15, -0.1) is 11.3 Å². The van der Waals surface area contributed by atoms with Crippen LogP contribution in [0.3, 0.4) is 0 Å². The van der Waals surface area contributed by atoms with Crippen LogP contribution in [-0.4, -0.2) is 11.1 Å². The molecule has 0 aliphatic carbocycles. The van der Waals surface area contributed by atoms with E-state index in [1.807, 2.05) is 0 Å². The fraction of sp³-hybridized carbons (Fsp3) is 0. The maximum Gasteiger partial charge on any atom is 0.340 e. The Morgan fingerprint density at radius 3 is 2.60 bits per heavy atom. The summed E-state index contributed by atoms with van der Waals surface area (Å²) in [4.78, 5) is 10.2. The number of carboxylic acid groups (broad SMARTS) is 1. The number of thiophene rings is 1. The quantitative estimate of drug-likeness (QED) is 0.796. The predicted octanol–water partition coefficient (Wildman–Crippen LogP) is 2.35. The maximum atomic E-state index is 12.5. The normalized spacial score (nSPS) is 9.80. The lowest BCUT2D eigenvalue weighted by molar-refractivity contribution is 0.0692. The zero-order valence-corrected chi connectivity index (χ0v) is 7.00. The molecule has 0 aliphatic rings. The standard InChI is InChI=1S/C5H2BrFO2S/c6-4-3(5(8)9)2(7)1-10-4/h1H,(H,8,9). The van der Waals surface area contributed by atoms with E-state index in [4.69, 9.17) is 5.11 Å². The number of hydrogen-bond donors (Lipinski definition) is 1.